The van der Waals surface area contributed by atoms with Gasteiger partial charge in [0, 0.05) is 30.2 Å². The first-order chi connectivity index (χ1) is 21.8. The Hall–Kier alpha value is -4.52. The average Bonchev–Trinajstić information content (AvgIpc) is 3.04. The van der Waals surface area contributed by atoms with E-state index < -0.39 is 30.1 Å². The summed E-state index contributed by atoms with van der Waals surface area (Å²) in [6, 6.07) is 15.2. The molecular weight excluding hydrogens is 602 g/mol. The molecule has 2 aromatic heterocycles. The van der Waals surface area contributed by atoms with Gasteiger partial charge in [0.15, 0.2) is 0 Å². The number of ether oxygens (including phenoxy) is 2. The third kappa shape index (κ3) is 8.56. The minimum Gasteiger partial charge on any atom is -0.491 e. The number of carbonyl (C=O) groups is 2. The van der Waals surface area contributed by atoms with Crippen LogP contribution in [-0.2, 0) is 16.2 Å². The number of halogens is 1. The lowest BCUT2D eigenvalue weighted by atomic mass is 10.0. The Morgan fingerprint density at radius 2 is 1.89 bits per heavy atom. The van der Waals surface area contributed by atoms with Crippen LogP contribution in [0.5, 0.6) is 11.5 Å². The zero-order valence-electron chi connectivity index (χ0n) is 24.4. The van der Waals surface area contributed by atoms with E-state index in [1.807, 2.05) is 24.3 Å². The second kappa shape index (κ2) is 15.0. The van der Waals surface area contributed by atoms with Gasteiger partial charge in [-0.3, -0.25) is 9.78 Å². The number of amides is 1. The Bertz CT molecular complexity index is 1630. The molecule has 12 nitrogen and oxygen atoms in total. The topological polar surface area (TPSA) is 167 Å². The van der Waals surface area contributed by atoms with Crippen LogP contribution in [0.15, 0.2) is 67.1 Å². The van der Waals surface area contributed by atoms with Gasteiger partial charge in [-0.2, -0.15) is 0 Å². The van der Waals surface area contributed by atoms with Gasteiger partial charge in [-0.15, -0.1) is 0 Å². The van der Waals surface area contributed by atoms with E-state index in [9.17, 15) is 24.9 Å². The van der Waals surface area contributed by atoms with Gasteiger partial charge < -0.3 is 35.0 Å². The number of hydrogen-bond donors (Lipinski definition) is 4. The number of benzene rings is 2. The smallest absolute Gasteiger partial charge is 0.326 e. The highest BCUT2D eigenvalue weighted by Crippen LogP contribution is 2.32. The molecule has 13 heteroatoms. The van der Waals surface area contributed by atoms with Gasteiger partial charge in [0.2, 0.25) is 5.91 Å². The molecule has 1 amide bonds. The van der Waals surface area contributed by atoms with Crippen LogP contribution >= 0.6 is 11.6 Å². The lowest BCUT2D eigenvalue weighted by Crippen LogP contribution is -2.48. The number of pyridine rings is 1. The Kier molecular flexibility index (Phi) is 10.6. The van der Waals surface area contributed by atoms with Gasteiger partial charge in [-0.25, -0.2) is 14.8 Å². The van der Waals surface area contributed by atoms with Crippen molar-refractivity contribution in [3.8, 4) is 11.5 Å². The van der Waals surface area contributed by atoms with Crippen LogP contribution in [0.3, 0.4) is 0 Å². The standard InChI is InChI=1S/C32H34ClN5O7/c33-26-13-20(7-10-29(26)45-17-21-5-1-3-11-34-21)37-31-25-16-24(8-9-27(25)35-19-36-31)44-18-23(40)14-22(39)15-30(41)38-12-4-2-6-28(38)32(42)43/h1,3,5,7-11,13,16,19,22-23,28,39-40H,2,4,6,12,14-15,17-18H2,(H,42,43)(H,35,36,37). The Morgan fingerprint density at radius 1 is 1.02 bits per heavy atom. The van der Waals surface area contributed by atoms with E-state index in [-0.39, 0.29) is 26.1 Å². The number of carboxylic acid groups (broad SMARTS) is 1. The van der Waals surface area contributed by atoms with Crippen LogP contribution in [-0.4, -0.2) is 78.4 Å². The van der Waals surface area contributed by atoms with E-state index in [0.717, 1.165) is 18.5 Å². The van der Waals surface area contributed by atoms with E-state index in [4.69, 9.17) is 21.1 Å². The molecule has 0 radical (unpaired) electrons. The molecule has 4 N–H and O–H groups in total. The van der Waals surface area contributed by atoms with Crippen molar-refractivity contribution < 1.29 is 34.4 Å². The van der Waals surface area contributed by atoms with Gasteiger partial charge in [-0.1, -0.05) is 17.7 Å². The van der Waals surface area contributed by atoms with Gasteiger partial charge in [-0.05, 0) is 67.8 Å². The predicted octanol–water partition coefficient (Wildman–Crippen LogP) is 4.35. The van der Waals surface area contributed by atoms with Crippen LogP contribution in [0.1, 0.15) is 37.8 Å². The fraction of sp³-hybridized carbons (Fsp3) is 0.344. The summed E-state index contributed by atoms with van der Waals surface area (Å²) in [5, 5.41) is 34.6. The van der Waals surface area contributed by atoms with E-state index >= 15 is 0 Å². The van der Waals surface area contributed by atoms with Gasteiger partial charge in [0.25, 0.3) is 0 Å². The summed E-state index contributed by atoms with van der Waals surface area (Å²) in [6.07, 6.45) is 2.39. The molecular formula is C32H34ClN5O7. The fourth-order valence-corrected chi connectivity index (χ4v) is 5.39. The highest BCUT2D eigenvalue weighted by molar-refractivity contribution is 6.32. The predicted molar refractivity (Wildman–Crippen MR) is 167 cm³/mol. The first-order valence-electron chi connectivity index (χ1n) is 14.6. The highest BCUT2D eigenvalue weighted by Gasteiger charge is 2.32. The first-order valence-corrected chi connectivity index (χ1v) is 15.0. The molecule has 1 aliphatic heterocycles. The average molecular weight is 636 g/mol. The van der Waals surface area contributed by atoms with Crippen molar-refractivity contribution >= 4 is 45.9 Å². The lowest BCUT2D eigenvalue weighted by Gasteiger charge is -2.33. The molecule has 1 aliphatic rings. The van der Waals surface area contributed by atoms with E-state index in [1.165, 1.54) is 11.2 Å². The number of aromatic nitrogens is 3. The van der Waals surface area contributed by atoms with Gasteiger partial charge >= 0.3 is 5.97 Å². The number of piperidine rings is 1. The number of likely N-dealkylation sites (tertiary alicyclic amines) is 1. The van der Waals surface area contributed by atoms with Crippen LogP contribution < -0.4 is 14.8 Å². The normalized spacial score (nSPS) is 16.2. The first kappa shape index (κ1) is 31.9. The van der Waals surface area contributed by atoms with Crippen LogP contribution in [0, 0.1) is 0 Å². The second-order valence-electron chi connectivity index (χ2n) is 10.8. The molecule has 2 aromatic carbocycles. The van der Waals surface area contributed by atoms with Crippen molar-refractivity contribution in [1.82, 2.24) is 19.9 Å². The molecule has 3 atom stereocenters. The third-order valence-electron chi connectivity index (χ3n) is 7.41. The van der Waals surface area contributed by atoms with E-state index in [1.54, 1.807) is 36.5 Å². The monoisotopic (exact) mass is 635 g/mol. The molecule has 4 aromatic rings. The Morgan fingerprint density at radius 3 is 2.67 bits per heavy atom. The molecule has 0 bridgehead atoms. The fourth-order valence-electron chi connectivity index (χ4n) is 5.16. The summed E-state index contributed by atoms with van der Waals surface area (Å²) in [7, 11) is 0. The minimum atomic E-state index is -1.15. The van der Waals surface area contributed by atoms with E-state index in [0.29, 0.717) is 51.9 Å². The summed E-state index contributed by atoms with van der Waals surface area (Å²) in [5.74, 6) is -0.0198. The number of nitrogens with zero attached hydrogens (tertiary/aromatic N) is 4. The molecule has 3 unspecified atom stereocenters. The summed E-state index contributed by atoms with van der Waals surface area (Å²) in [6.45, 7) is 0.491. The molecule has 236 valence electrons. The third-order valence-corrected chi connectivity index (χ3v) is 7.70. The molecule has 5 rings (SSSR count). The molecule has 1 saturated heterocycles. The maximum absolute atomic E-state index is 12.6. The second-order valence-corrected chi connectivity index (χ2v) is 11.2. The Balaban J connectivity index is 1.16. The van der Waals surface area contributed by atoms with Crippen molar-refractivity contribution in [3.63, 3.8) is 0 Å². The zero-order valence-corrected chi connectivity index (χ0v) is 25.1. The van der Waals surface area contributed by atoms with Crippen LogP contribution in [0.25, 0.3) is 10.9 Å². The number of hydrogen-bond acceptors (Lipinski definition) is 10. The van der Waals surface area contributed by atoms with Crippen molar-refractivity contribution in [2.45, 2.75) is 57.0 Å². The van der Waals surface area contributed by atoms with E-state index in [2.05, 4.69) is 20.3 Å². The van der Waals surface area contributed by atoms with Crippen LogP contribution in [0.2, 0.25) is 5.02 Å². The number of fused-ring (bicyclic) bond motifs is 1. The number of carbonyl (C=O) groups excluding carboxylic acids is 1. The number of anilines is 2. The molecule has 0 saturated carbocycles. The number of aliphatic hydroxyl groups excluding tert-OH is 2. The quantitative estimate of drug-likeness (QED) is 0.165. The maximum atomic E-state index is 12.6. The van der Waals surface area contributed by atoms with Crippen molar-refractivity contribution in [2.24, 2.45) is 0 Å². The SMILES string of the molecule is O=C(O)C1CCCCN1C(=O)CC(O)CC(O)COc1ccc2ncnc(Nc3ccc(OCc4ccccn4)c(Cl)c3)c2c1. The van der Waals surface area contributed by atoms with Crippen molar-refractivity contribution in [1.29, 1.82) is 0 Å². The number of carboxylic acids is 1. The number of aliphatic carboxylic acids is 1. The zero-order chi connectivity index (χ0) is 31.8. The lowest BCUT2D eigenvalue weighted by molar-refractivity contribution is -0.153. The Labute approximate surface area is 264 Å². The number of rotatable bonds is 13. The molecule has 3 heterocycles. The minimum absolute atomic E-state index is 0.108. The summed E-state index contributed by atoms with van der Waals surface area (Å²) in [4.78, 5) is 38.4. The summed E-state index contributed by atoms with van der Waals surface area (Å²) < 4.78 is 11.6. The van der Waals surface area contributed by atoms with Crippen molar-refractivity contribution in [2.75, 3.05) is 18.5 Å². The molecule has 0 spiro atoms. The van der Waals surface area contributed by atoms with Gasteiger partial charge in [0.05, 0.1) is 34.9 Å². The molecule has 1 fully saturated rings. The number of aliphatic hydroxyl groups is 2. The maximum Gasteiger partial charge on any atom is 0.326 e. The van der Waals surface area contributed by atoms with Gasteiger partial charge in [0.1, 0.15) is 42.9 Å². The number of nitrogens with one attached hydrogen (secondary N) is 1. The molecule has 45 heavy (non-hydrogen) atoms. The summed E-state index contributed by atoms with van der Waals surface area (Å²) in [5.41, 5.74) is 2.12. The summed E-state index contributed by atoms with van der Waals surface area (Å²) >= 11 is 6.47. The van der Waals surface area contributed by atoms with Crippen LogP contribution in [0.4, 0.5) is 11.5 Å². The van der Waals surface area contributed by atoms with Crippen molar-refractivity contribution in [3.05, 3.63) is 77.8 Å². The highest BCUT2D eigenvalue weighted by atomic mass is 35.5. The largest absolute Gasteiger partial charge is 0.491 e. The molecule has 0 aliphatic carbocycles.